The Morgan fingerprint density at radius 1 is 1.05 bits per heavy atom. The number of rotatable bonds is 4. The Morgan fingerprint density at radius 3 is 2.24 bits per heavy atom. The Morgan fingerprint density at radius 2 is 1.67 bits per heavy atom. The van der Waals surface area contributed by atoms with Crippen LogP contribution in [0.3, 0.4) is 0 Å². The largest absolute Gasteiger partial charge is 0.465 e. The van der Waals surface area contributed by atoms with Crippen molar-refractivity contribution in [1.82, 2.24) is 0 Å². The molecule has 0 spiro atoms. The molecule has 21 heavy (non-hydrogen) atoms. The Hall–Kier alpha value is -1.97. The van der Waals surface area contributed by atoms with Crippen molar-refractivity contribution >= 4 is 34.7 Å². The second-order valence-corrected chi connectivity index (χ2v) is 5.01. The molecule has 0 aliphatic rings. The number of methoxy groups -OCH3 is 1. The van der Waals surface area contributed by atoms with Gasteiger partial charge in [0.05, 0.1) is 17.7 Å². The number of halogens is 2. The van der Waals surface area contributed by atoms with Crippen LogP contribution in [0, 0.1) is 0 Å². The van der Waals surface area contributed by atoms with E-state index in [0.29, 0.717) is 27.1 Å². The molecule has 0 radical (unpaired) electrons. The molecule has 0 aromatic heterocycles. The molecule has 0 saturated heterocycles. The first-order chi connectivity index (χ1) is 10.0. The van der Waals surface area contributed by atoms with Crippen LogP contribution in [0.15, 0.2) is 49.0 Å². The summed E-state index contributed by atoms with van der Waals surface area (Å²) in [6.07, 6.45) is 0. The summed E-state index contributed by atoms with van der Waals surface area (Å²) in [7, 11) is 1.29. The van der Waals surface area contributed by atoms with E-state index >= 15 is 0 Å². The Balaban J connectivity index is 2.21. The summed E-state index contributed by atoms with van der Waals surface area (Å²) < 4.78 is 10.3. The van der Waals surface area contributed by atoms with E-state index < -0.39 is 5.97 Å². The second kappa shape index (κ2) is 6.66. The van der Waals surface area contributed by atoms with E-state index in [1.54, 1.807) is 42.5 Å². The van der Waals surface area contributed by atoms with Gasteiger partial charge in [0.2, 0.25) is 0 Å². The summed E-state index contributed by atoms with van der Waals surface area (Å²) in [5.74, 6) is 0.655. The summed E-state index contributed by atoms with van der Waals surface area (Å²) in [5, 5.41) is 0.988. The number of carbonyl (C=O) groups excluding carboxylic acids is 1. The predicted octanol–water partition coefficient (Wildman–Crippen LogP) is 4.97. The number of ether oxygens (including phenoxy) is 2. The van der Waals surface area contributed by atoms with Gasteiger partial charge >= 0.3 is 5.97 Å². The fourth-order valence-electron chi connectivity index (χ4n) is 1.68. The fourth-order valence-corrected chi connectivity index (χ4v) is 2.09. The molecule has 0 amide bonds. The molecule has 0 N–H and O–H groups in total. The highest BCUT2D eigenvalue weighted by Crippen LogP contribution is 2.30. The monoisotopic (exact) mass is 322 g/mol. The van der Waals surface area contributed by atoms with E-state index in [2.05, 4.69) is 11.3 Å². The number of hydrogen-bond donors (Lipinski definition) is 0. The zero-order valence-corrected chi connectivity index (χ0v) is 12.7. The molecular formula is C16H12Cl2O3. The van der Waals surface area contributed by atoms with E-state index in [-0.39, 0.29) is 5.57 Å². The maximum Gasteiger partial charge on any atom is 0.337 e. The van der Waals surface area contributed by atoms with Gasteiger partial charge in [-0.3, -0.25) is 0 Å². The minimum atomic E-state index is -0.525. The van der Waals surface area contributed by atoms with Crippen LogP contribution < -0.4 is 4.74 Å². The Labute approximate surface area is 132 Å². The minimum Gasteiger partial charge on any atom is -0.465 e. The maximum atomic E-state index is 11.4. The van der Waals surface area contributed by atoms with Gasteiger partial charge in [-0.05, 0) is 36.4 Å². The standard InChI is InChI=1S/C16H12Cl2O3/c1-10(16(19)20-2)14-8-7-13(9-15(14)18)21-12-5-3-11(17)4-6-12/h3-9H,1H2,2H3. The number of esters is 1. The smallest absolute Gasteiger partial charge is 0.337 e. The third-order valence-electron chi connectivity index (χ3n) is 2.75. The summed E-state index contributed by atoms with van der Waals surface area (Å²) in [6, 6.07) is 11.9. The fraction of sp³-hybridized carbons (Fsp3) is 0.0625. The third-order valence-corrected chi connectivity index (χ3v) is 3.31. The molecule has 0 bridgehead atoms. The van der Waals surface area contributed by atoms with Crippen molar-refractivity contribution < 1.29 is 14.3 Å². The summed E-state index contributed by atoms with van der Waals surface area (Å²) in [6.45, 7) is 3.67. The van der Waals surface area contributed by atoms with Gasteiger partial charge in [-0.1, -0.05) is 29.8 Å². The summed E-state index contributed by atoms with van der Waals surface area (Å²) >= 11 is 12.0. The van der Waals surface area contributed by atoms with Gasteiger partial charge in [0.25, 0.3) is 0 Å². The highest BCUT2D eigenvalue weighted by atomic mass is 35.5. The van der Waals surface area contributed by atoms with E-state index in [1.165, 1.54) is 7.11 Å². The topological polar surface area (TPSA) is 35.5 Å². The molecule has 0 saturated carbocycles. The summed E-state index contributed by atoms with van der Waals surface area (Å²) in [5.41, 5.74) is 0.701. The van der Waals surface area contributed by atoms with Gasteiger partial charge in [-0.25, -0.2) is 4.79 Å². The van der Waals surface area contributed by atoms with Gasteiger partial charge in [0, 0.05) is 16.7 Å². The van der Waals surface area contributed by atoms with E-state index in [0.717, 1.165) is 0 Å². The molecule has 2 rings (SSSR count). The minimum absolute atomic E-state index is 0.195. The maximum absolute atomic E-state index is 11.4. The van der Waals surface area contributed by atoms with Crippen LogP contribution >= 0.6 is 23.2 Å². The van der Waals surface area contributed by atoms with Gasteiger partial charge in [0.15, 0.2) is 0 Å². The Bertz CT molecular complexity index is 678. The van der Waals surface area contributed by atoms with Crippen molar-refractivity contribution in [2.75, 3.05) is 7.11 Å². The molecule has 0 aliphatic heterocycles. The molecule has 5 heteroatoms. The van der Waals surface area contributed by atoms with Crippen LogP contribution in [0.5, 0.6) is 11.5 Å². The lowest BCUT2D eigenvalue weighted by molar-refractivity contribution is -0.133. The molecule has 108 valence electrons. The average Bonchev–Trinajstić information content (AvgIpc) is 2.48. The van der Waals surface area contributed by atoms with Crippen LogP contribution in [0.25, 0.3) is 5.57 Å². The van der Waals surface area contributed by atoms with Crippen molar-refractivity contribution in [2.45, 2.75) is 0 Å². The molecule has 0 unspecified atom stereocenters. The van der Waals surface area contributed by atoms with Gasteiger partial charge in [0.1, 0.15) is 11.5 Å². The van der Waals surface area contributed by atoms with Crippen LogP contribution in [0.4, 0.5) is 0 Å². The van der Waals surface area contributed by atoms with Crippen molar-refractivity contribution in [1.29, 1.82) is 0 Å². The lowest BCUT2D eigenvalue weighted by Gasteiger charge is -2.10. The van der Waals surface area contributed by atoms with Crippen molar-refractivity contribution in [3.8, 4) is 11.5 Å². The van der Waals surface area contributed by atoms with Gasteiger partial charge < -0.3 is 9.47 Å². The van der Waals surface area contributed by atoms with E-state index in [4.69, 9.17) is 27.9 Å². The van der Waals surface area contributed by atoms with E-state index in [1.807, 2.05) is 0 Å². The first kappa shape index (κ1) is 15.4. The van der Waals surface area contributed by atoms with Crippen molar-refractivity contribution in [3.05, 3.63) is 64.7 Å². The normalized spacial score (nSPS) is 10.0. The van der Waals surface area contributed by atoms with Crippen LogP contribution in [-0.2, 0) is 9.53 Å². The molecule has 0 fully saturated rings. The molecule has 2 aromatic carbocycles. The summed E-state index contributed by atoms with van der Waals surface area (Å²) in [4.78, 5) is 11.4. The first-order valence-corrected chi connectivity index (χ1v) is 6.77. The Kier molecular flexibility index (Phi) is 4.89. The molecule has 0 aliphatic carbocycles. The first-order valence-electron chi connectivity index (χ1n) is 6.02. The SMILES string of the molecule is C=C(C(=O)OC)c1ccc(Oc2ccc(Cl)cc2)cc1Cl. The zero-order chi connectivity index (χ0) is 15.4. The quantitative estimate of drug-likeness (QED) is 0.588. The molecule has 0 heterocycles. The van der Waals surface area contributed by atoms with Crippen LogP contribution in [-0.4, -0.2) is 13.1 Å². The van der Waals surface area contributed by atoms with Crippen LogP contribution in [0.2, 0.25) is 10.0 Å². The molecule has 3 nitrogen and oxygen atoms in total. The van der Waals surface area contributed by atoms with Gasteiger partial charge in [-0.15, -0.1) is 0 Å². The highest BCUT2D eigenvalue weighted by molar-refractivity contribution is 6.34. The van der Waals surface area contributed by atoms with Crippen molar-refractivity contribution in [3.63, 3.8) is 0 Å². The third kappa shape index (κ3) is 3.78. The van der Waals surface area contributed by atoms with Crippen LogP contribution in [0.1, 0.15) is 5.56 Å². The number of hydrogen-bond acceptors (Lipinski definition) is 3. The predicted molar refractivity (Wildman–Crippen MR) is 84.0 cm³/mol. The van der Waals surface area contributed by atoms with Gasteiger partial charge in [-0.2, -0.15) is 0 Å². The second-order valence-electron chi connectivity index (χ2n) is 4.17. The molecule has 0 atom stereocenters. The highest BCUT2D eigenvalue weighted by Gasteiger charge is 2.13. The molecule has 2 aromatic rings. The average molecular weight is 323 g/mol. The number of benzene rings is 2. The molecular weight excluding hydrogens is 311 g/mol. The number of carbonyl (C=O) groups is 1. The van der Waals surface area contributed by atoms with Crippen molar-refractivity contribution in [2.24, 2.45) is 0 Å². The lowest BCUT2D eigenvalue weighted by atomic mass is 10.1. The lowest BCUT2D eigenvalue weighted by Crippen LogP contribution is -2.03. The zero-order valence-electron chi connectivity index (χ0n) is 11.2. The van der Waals surface area contributed by atoms with E-state index in [9.17, 15) is 4.79 Å².